The van der Waals surface area contributed by atoms with E-state index in [4.69, 9.17) is 4.42 Å². The number of nitrogens with one attached hydrogen (secondary N) is 1. The number of nitrogens with zero attached hydrogens (tertiary/aromatic N) is 2. The third kappa shape index (κ3) is 5.40. The summed E-state index contributed by atoms with van der Waals surface area (Å²) in [6.45, 7) is 2.44. The van der Waals surface area contributed by atoms with E-state index in [1.165, 1.54) is 56.4 Å². The van der Waals surface area contributed by atoms with E-state index in [1.54, 1.807) is 13.0 Å². The maximum Gasteiger partial charge on any atom is 0.257 e. The summed E-state index contributed by atoms with van der Waals surface area (Å²) < 4.78 is 31.4. The molecule has 2 aromatic rings. The van der Waals surface area contributed by atoms with Gasteiger partial charge in [0, 0.05) is 20.6 Å². The Labute approximate surface area is 176 Å². The molecule has 1 aliphatic carbocycles. The van der Waals surface area contributed by atoms with Crippen LogP contribution in [0.4, 0.5) is 0 Å². The van der Waals surface area contributed by atoms with E-state index < -0.39 is 10.0 Å². The van der Waals surface area contributed by atoms with Crippen LogP contribution in [0.5, 0.6) is 0 Å². The molecule has 7 nitrogen and oxygen atoms in total. The van der Waals surface area contributed by atoms with Crippen LogP contribution in [-0.4, -0.2) is 49.5 Å². The number of aromatic nitrogens is 1. The predicted molar refractivity (Wildman–Crippen MR) is 114 cm³/mol. The van der Waals surface area contributed by atoms with Crippen molar-refractivity contribution in [1.29, 1.82) is 0 Å². The number of fused-ring (bicyclic) bond motifs is 1. The number of hydrogen-bond donors (Lipinski definition) is 1. The fourth-order valence-electron chi connectivity index (χ4n) is 3.13. The zero-order valence-corrected chi connectivity index (χ0v) is 18.6. The predicted octanol–water partition coefficient (Wildman–Crippen LogP) is 3.57. The molecule has 0 aliphatic heterocycles. The highest BCUT2D eigenvalue weighted by Gasteiger charge is 2.21. The van der Waals surface area contributed by atoms with Crippen molar-refractivity contribution in [2.24, 2.45) is 0 Å². The van der Waals surface area contributed by atoms with Gasteiger partial charge in [0.1, 0.15) is 5.52 Å². The van der Waals surface area contributed by atoms with Crippen molar-refractivity contribution in [3.05, 3.63) is 29.8 Å². The van der Waals surface area contributed by atoms with E-state index in [0.29, 0.717) is 22.9 Å². The van der Waals surface area contributed by atoms with Gasteiger partial charge in [-0.15, -0.1) is 0 Å². The summed E-state index contributed by atoms with van der Waals surface area (Å²) >= 11 is 1.22. The van der Waals surface area contributed by atoms with Gasteiger partial charge in [-0.3, -0.25) is 4.79 Å². The van der Waals surface area contributed by atoms with Gasteiger partial charge in [0.2, 0.25) is 15.9 Å². The first kappa shape index (κ1) is 21.9. The Morgan fingerprint density at radius 3 is 2.83 bits per heavy atom. The summed E-state index contributed by atoms with van der Waals surface area (Å²) in [6, 6.07) is 4.57. The van der Waals surface area contributed by atoms with Gasteiger partial charge < -0.3 is 9.73 Å². The molecule has 158 valence electrons. The molecule has 1 heterocycles. The summed E-state index contributed by atoms with van der Waals surface area (Å²) in [7, 11) is -0.577. The molecule has 0 radical (unpaired) electrons. The minimum absolute atomic E-state index is 0.0652. The molecule has 1 amide bonds. The van der Waals surface area contributed by atoms with Gasteiger partial charge in [0.25, 0.3) is 5.22 Å². The van der Waals surface area contributed by atoms with Crippen molar-refractivity contribution >= 4 is 38.8 Å². The van der Waals surface area contributed by atoms with Crippen molar-refractivity contribution in [3.8, 4) is 0 Å². The second kappa shape index (κ2) is 9.32. The van der Waals surface area contributed by atoms with E-state index in [0.717, 1.165) is 23.6 Å². The lowest BCUT2D eigenvalue weighted by Crippen LogP contribution is -2.31. The van der Waals surface area contributed by atoms with Crippen LogP contribution in [0.15, 0.2) is 44.4 Å². The second-order valence-electron chi connectivity index (χ2n) is 7.31. The van der Waals surface area contributed by atoms with Crippen LogP contribution in [0.2, 0.25) is 0 Å². The topological polar surface area (TPSA) is 92.5 Å². The minimum Gasteiger partial charge on any atom is -0.431 e. The number of carbonyl (C=O) groups excluding carboxylic acids is 1. The monoisotopic (exact) mass is 437 g/mol. The Morgan fingerprint density at radius 1 is 1.34 bits per heavy atom. The molecule has 1 aromatic heterocycles. The van der Waals surface area contributed by atoms with Crippen molar-refractivity contribution < 1.29 is 17.6 Å². The van der Waals surface area contributed by atoms with E-state index >= 15 is 0 Å². The number of carbonyl (C=O) groups is 1. The van der Waals surface area contributed by atoms with E-state index in [-0.39, 0.29) is 16.1 Å². The zero-order chi connectivity index (χ0) is 21.0. The molecule has 0 bridgehead atoms. The fourth-order valence-corrected chi connectivity index (χ4v) is 4.84. The number of sulfonamides is 1. The normalized spacial score (nSPS) is 16.1. The third-order valence-electron chi connectivity index (χ3n) is 4.90. The molecule has 0 saturated heterocycles. The first-order valence-corrected chi connectivity index (χ1v) is 12.0. The number of benzene rings is 1. The molecule has 0 saturated carbocycles. The highest BCUT2D eigenvalue weighted by Crippen LogP contribution is 2.28. The quantitative estimate of drug-likeness (QED) is 0.501. The Bertz CT molecular complexity index is 1010. The number of hydrogen-bond acceptors (Lipinski definition) is 6. The highest BCUT2D eigenvalue weighted by molar-refractivity contribution is 8.00. The van der Waals surface area contributed by atoms with Crippen LogP contribution in [-0.2, 0) is 14.8 Å². The molecule has 29 heavy (non-hydrogen) atoms. The van der Waals surface area contributed by atoms with Crippen molar-refractivity contribution in [1.82, 2.24) is 14.6 Å². The lowest BCUT2D eigenvalue weighted by molar-refractivity contribution is -0.120. The van der Waals surface area contributed by atoms with Gasteiger partial charge in [-0.2, -0.15) is 0 Å². The smallest absolute Gasteiger partial charge is 0.257 e. The maximum atomic E-state index is 12.4. The first-order chi connectivity index (χ1) is 13.8. The molecule has 1 N–H and O–H groups in total. The van der Waals surface area contributed by atoms with Crippen LogP contribution in [0.1, 0.15) is 39.0 Å². The van der Waals surface area contributed by atoms with Gasteiger partial charge >= 0.3 is 0 Å². The largest absolute Gasteiger partial charge is 0.431 e. The molecule has 3 rings (SSSR count). The van der Waals surface area contributed by atoms with Gasteiger partial charge in [-0.25, -0.2) is 17.7 Å². The fraction of sp³-hybridized carbons (Fsp3) is 0.500. The molecular weight excluding hydrogens is 410 g/mol. The summed E-state index contributed by atoms with van der Waals surface area (Å²) in [6.07, 6.45) is 7.96. The van der Waals surface area contributed by atoms with Gasteiger partial charge in [0.15, 0.2) is 5.58 Å². The van der Waals surface area contributed by atoms with Gasteiger partial charge in [-0.05, 0) is 57.2 Å². The number of thioether (sulfide) groups is 1. The number of amides is 1. The minimum atomic E-state index is -3.54. The Hall–Kier alpha value is -1.84. The molecule has 1 aromatic carbocycles. The van der Waals surface area contributed by atoms with E-state index in [2.05, 4.69) is 16.4 Å². The van der Waals surface area contributed by atoms with Crippen molar-refractivity contribution in [2.75, 3.05) is 20.6 Å². The van der Waals surface area contributed by atoms with Crippen molar-refractivity contribution in [2.45, 2.75) is 54.4 Å². The average molecular weight is 438 g/mol. The number of rotatable bonds is 8. The number of allylic oxidation sites excluding steroid dienone is 1. The second-order valence-corrected chi connectivity index (χ2v) is 10.7. The van der Waals surface area contributed by atoms with Gasteiger partial charge in [0.05, 0.1) is 10.1 Å². The zero-order valence-electron chi connectivity index (χ0n) is 17.0. The lowest BCUT2D eigenvalue weighted by atomic mass is 9.97. The molecule has 0 unspecified atom stereocenters. The molecule has 1 aliphatic rings. The summed E-state index contributed by atoms with van der Waals surface area (Å²) in [5, 5.41) is 2.95. The molecular formula is C20H27N3O4S2. The van der Waals surface area contributed by atoms with Crippen LogP contribution >= 0.6 is 11.8 Å². The van der Waals surface area contributed by atoms with Crippen LogP contribution < -0.4 is 5.32 Å². The first-order valence-electron chi connectivity index (χ1n) is 9.73. The Balaban J connectivity index is 1.60. The third-order valence-corrected chi connectivity index (χ3v) is 7.65. The summed E-state index contributed by atoms with van der Waals surface area (Å²) in [4.78, 5) is 16.9. The summed E-state index contributed by atoms with van der Waals surface area (Å²) in [5.41, 5.74) is 2.37. The number of oxazole rings is 1. The van der Waals surface area contributed by atoms with E-state index in [1.807, 2.05) is 0 Å². The van der Waals surface area contributed by atoms with E-state index in [9.17, 15) is 13.2 Å². The SMILES string of the molecule is C[C@@H](Sc1nc2cc(S(=O)(=O)N(C)C)ccc2o1)C(=O)NCCC1=CCCCC1. The van der Waals surface area contributed by atoms with Crippen molar-refractivity contribution in [3.63, 3.8) is 0 Å². The summed E-state index contributed by atoms with van der Waals surface area (Å²) in [5.74, 6) is -0.0652. The molecule has 0 fully saturated rings. The maximum absolute atomic E-state index is 12.4. The average Bonchev–Trinajstić information content (AvgIpc) is 3.09. The van der Waals surface area contributed by atoms with Crippen LogP contribution in [0.25, 0.3) is 11.1 Å². The van der Waals surface area contributed by atoms with Crippen LogP contribution in [0.3, 0.4) is 0 Å². The van der Waals surface area contributed by atoms with Gasteiger partial charge in [-0.1, -0.05) is 23.4 Å². The standard InChI is InChI=1S/C20H27N3O4S2/c1-14(19(24)21-12-11-15-7-5-4-6-8-15)28-20-22-17-13-16(9-10-18(17)27-20)29(25,26)23(2)3/h7,9-10,13-14H,4-6,8,11-12H2,1-3H3,(H,21,24)/t14-/m1/s1. The Morgan fingerprint density at radius 2 is 2.14 bits per heavy atom. The van der Waals surface area contributed by atoms with Crippen LogP contribution in [0, 0.1) is 0 Å². The molecule has 9 heteroatoms. The highest BCUT2D eigenvalue weighted by atomic mass is 32.2. The lowest BCUT2D eigenvalue weighted by Gasteiger charge is -2.14. The molecule has 0 spiro atoms. The molecule has 1 atom stereocenters. The Kier molecular flexibility index (Phi) is 7.02.